The first-order valence-corrected chi connectivity index (χ1v) is 7.18. The average molecular weight is 284 g/mol. The molecule has 0 saturated carbocycles. The summed E-state index contributed by atoms with van der Waals surface area (Å²) in [5.74, 6) is -2.30. The van der Waals surface area contributed by atoms with E-state index in [0.29, 0.717) is 5.69 Å². The molecule has 0 fully saturated rings. The molecule has 8 heteroatoms. The number of nitrogens with zero attached hydrogens (tertiary/aromatic N) is 1. The summed E-state index contributed by atoms with van der Waals surface area (Å²) in [5, 5.41) is 10.8. The van der Waals surface area contributed by atoms with Crippen molar-refractivity contribution in [3.63, 3.8) is 0 Å². The van der Waals surface area contributed by atoms with Crippen molar-refractivity contribution in [3.8, 4) is 0 Å². The van der Waals surface area contributed by atoms with Gasteiger partial charge < -0.3 is 10.4 Å². The second-order valence-corrected chi connectivity index (χ2v) is 5.88. The summed E-state index contributed by atoms with van der Waals surface area (Å²) in [4.78, 5) is 25.6. The lowest BCUT2D eigenvalue weighted by Gasteiger charge is -2.04. The van der Waals surface area contributed by atoms with Gasteiger partial charge in [0.2, 0.25) is 5.91 Å². The summed E-state index contributed by atoms with van der Waals surface area (Å²) in [6.45, 7) is 0. The number of sulfone groups is 1. The molecule has 19 heavy (non-hydrogen) atoms. The van der Waals surface area contributed by atoms with Crippen molar-refractivity contribution < 1.29 is 23.1 Å². The Balaban J connectivity index is 2.77. The minimum atomic E-state index is -3.41. The Morgan fingerprint density at radius 3 is 2.68 bits per heavy atom. The van der Waals surface area contributed by atoms with E-state index >= 15 is 0 Å². The molecule has 0 aliphatic carbocycles. The minimum Gasteiger partial charge on any atom is -0.478 e. The second kappa shape index (κ2) is 6.10. The molecule has 0 aliphatic rings. The Morgan fingerprint density at radius 1 is 1.42 bits per heavy atom. The third kappa shape index (κ3) is 6.32. The zero-order valence-corrected chi connectivity index (χ0v) is 10.8. The zero-order chi connectivity index (χ0) is 14.5. The highest BCUT2D eigenvalue weighted by atomic mass is 32.2. The Hall–Kier alpha value is -2.22. The summed E-state index contributed by atoms with van der Waals surface area (Å²) in [6.07, 6.45) is 3.12. The van der Waals surface area contributed by atoms with Gasteiger partial charge >= 0.3 is 5.97 Å². The fraction of sp³-hybridized carbons (Fsp3) is 0.182. The van der Waals surface area contributed by atoms with E-state index in [1.807, 2.05) is 0 Å². The number of carboxylic acid groups (broad SMARTS) is 1. The second-order valence-electron chi connectivity index (χ2n) is 3.74. The summed E-state index contributed by atoms with van der Waals surface area (Å²) < 4.78 is 21.8. The van der Waals surface area contributed by atoms with Crippen molar-refractivity contribution in [1.29, 1.82) is 0 Å². The number of rotatable bonds is 5. The van der Waals surface area contributed by atoms with Crippen LogP contribution >= 0.6 is 0 Å². The minimum absolute atomic E-state index is 0.154. The fourth-order valence-electron chi connectivity index (χ4n) is 1.19. The van der Waals surface area contributed by atoms with Gasteiger partial charge in [0.1, 0.15) is 11.6 Å². The van der Waals surface area contributed by atoms with E-state index in [1.165, 1.54) is 12.1 Å². The van der Waals surface area contributed by atoms with Gasteiger partial charge in [0, 0.05) is 12.3 Å². The van der Waals surface area contributed by atoms with E-state index in [9.17, 15) is 18.0 Å². The number of carbonyl (C=O) groups excluding carboxylic acids is 1. The first-order valence-electron chi connectivity index (χ1n) is 5.12. The first-order chi connectivity index (χ1) is 8.76. The van der Waals surface area contributed by atoms with Crippen LogP contribution in [-0.2, 0) is 19.4 Å². The molecule has 0 bridgehead atoms. The lowest BCUT2D eigenvalue weighted by molar-refractivity contribution is -0.131. The van der Waals surface area contributed by atoms with Crippen molar-refractivity contribution in [2.75, 3.05) is 17.3 Å². The molecule has 0 atom stereocenters. The number of hydrogen-bond donors (Lipinski definition) is 2. The third-order valence-corrected chi connectivity index (χ3v) is 2.61. The maximum absolute atomic E-state index is 11.4. The van der Waals surface area contributed by atoms with Crippen molar-refractivity contribution in [2.24, 2.45) is 0 Å². The van der Waals surface area contributed by atoms with Crippen LogP contribution in [0.1, 0.15) is 5.69 Å². The maximum atomic E-state index is 11.4. The van der Waals surface area contributed by atoms with Crippen LogP contribution in [0.2, 0.25) is 0 Å². The van der Waals surface area contributed by atoms with Crippen LogP contribution in [0.25, 0.3) is 6.08 Å². The molecular weight excluding hydrogens is 272 g/mol. The van der Waals surface area contributed by atoms with E-state index < -0.39 is 27.5 Å². The Kier molecular flexibility index (Phi) is 4.76. The highest BCUT2D eigenvalue weighted by Gasteiger charge is 2.11. The third-order valence-electron chi connectivity index (χ3n) is 1.83. The van der Waals surface area contributed by atoms with Crippen molar-refractivity contribution in [2.45, 2.75) is 0 Å². The fourth-order valence-corrected chi connectivity index (χ4v) is 1.74. The SMILES string of the molecule is CS(=O)(=O)CC(=O)Nc1cccc(C=CC(=O)O)n1. The van der Waals surface area contributed by atoms with Gasteiger partial charge in [-0.15, -0.1) is 0 Å². The van der Waals surface area contributed by atoms with E-state index in [0.717, 1.165) is 12.3 Å². The predicted octanol–water partition coefficient (Wildman–Crippen LogP) is 0.162. The Bertz CT molecular complexity index is 622. The summed E-state index contributed by atoms with van der Waals surface area (Å²) >= 11 is 0. The van der Waals surface area contributed by atoms with Crippen LogP contribution in [0.5, 0.6) is 0 Å². The van der Waals surface area contributed by atoms with Crippen molar-refractivity contribution in [1.82, 2.24) is 4.98 Å². The highest BCUT2D eigenvalue weighted by molar-refractivity contribution is 7.91. The van der Waals surface area contributed by atoms with E-state index in [-0.39, 0.29) is 5.82 Å². The molecule has 7 nitrogen and oxygen atoms in total. The quantitative estimate of drug-likeness (QED) is 0.745. The number of aromatic nitrogens is 1. The number of amides is 1. The predicted molar refractivity (Wildman–Crippen MR) is 69.2 cm³/mol. The van der Waals surface area contributed by atoms with Gasteiger partial charge in [0.25, 0.3) is 0 Å². The van der Waals surface area contributed by atoms with E-state index in [2.05, 4.69) is 10.3 Å². The molecular formula is C11H12N2O5S. The van der Waals surface area contributed by atoms with E-state index in [4.69, 9.17) is 5.11 Å². The molecule has 102 valence electrons. The number of hydrogen-bond acceptors (Lipinski definition) is 5. The first kappa shape index (κ1) is 14.8. The normalized spacial score (nSPS) is 11.4. The van der Waals surface area contributed by atoms with Gasteiger partial charge in [-0.2, -0.15) is 0 Å². The molecule has 0 spiro atoms. The van der Waals surface area contributed by atoms with Crippen LogP contribution in [0.3, 0.4) is 0 Å². The van der Waals surface area contributed by atoms with Gasteiger partial charge in [0.15, 0.2) is 9.84 Å². The van der Waals surface area contributed by atoms with Gasteiger partial charge in [-0.25, -0.2) is 18.2 Å². The molecule has 0 aromatic carbocycles. The van der Waals surface area contributed by atoms with Crippen molar-refractivity contribution in [3.05, 3.63) is 30.0 Å². The highest BCUT2D eigenvalue weighted by Crippen LogP contribution is 2.06. The zero-order valence-electron chi connectivity index (χ0n) is 10.0. The van der Waals surface area contributed by atoms with Gasteiger partial charge in [-0.3, -0.25) is 4.79 Å². The molecule has 1 rings (SSSR count). The molecule has 2 N–H and O–H groups in total. The lowest BCUT2D eigenvalue weighted by atomic mass is 10.3. The van der Waals surface area contributed by atoms with Crippen LogP contribution in [-0.4, -0.2) is 42.4 Å². The van der Waals surface area contributed by atoms with Crippen molar-refractivity contribution >= 4 is 33.6 Å². The molecule has 1 heterocycles. The largest absolute Gasteiger partial charge is 0.478 e. The standard InChI is InChI=1S/C11H12N2O5S/c1-19(17,18)7-10(14)13-9-4-2-3-8(12-9)5-6-11(15)16/h2-6H,7H2,1H3,(H,15,16)(H,12,13,14). The Labute approximate surface area is 109 Å². The molecule has 0 radical (unpaired) electrons. The maximum Gasteiger partial charge on any atom is 0.328 e. The molecule has 0 unspecified atom stereocenters. The van der Waals surface area contributed by atoms with Crippen LogP contribution in [0, 0.1) is 0 Å². The van der Waals surface area contributed by atoms with Crippen LogP contribution < -0.4 is 5.32 Å². The number of aliphatic carboxylic acids is 1. The number of pyridine rings is 1. The summed E-state index contributed by atoms with van der Waals surface area (Å²) in [5.41, 5.74) is 0.333. The number of carbonyl (C=O) groups is 2. The van der Waals surface area contributed by atoms with Crippen LogP contribution in [0.4, 0.5) is 5.82 Å². The Morgan fingerprint density at radius 2 is 2.11 bits per heavy atom. The molecule has 0 aliphatic heterocycles. The van der Waals surface area contributed by atoms with E-state index in [1.54, 1.807) is 12.1 Å². The van der Waals surface area contributed by atoms with Gasteiger partial charge in [0.05, 0.1) is 5.69 Å². The van der Waals surface area contributed by atoms with Crippen LogP contribution in [0.15, 0.2) is 24.3 Å². The average Bonchev–Trinajstić information content (AvgIpc) is 2.24. The number of anilines is 1. The number of carboxylic acids is 1. The smallest absolute Gasteiger partial charge is 0.328 e. The molecule has 1 amide bonds. The van der Waals surface area contributed by atoms with Gasteiger partial charge in [-0.05, 0) is 18.2 Å². The molecule has 0 saturated heterocycles. The number of nitrogens with one attached hydrogen (secondary N) is 1. The summed E-state index contributed by atoms with van der Waals surface area (Å²) in [6, 6.07) is 4.58. The molecule has 1 aromatic heterocycles. The summed E-state index contributed by atoms with van der Waals surface area (Å²) in [7, 11) is -3.41. The lowest BCUT2D eigenvalue weighted by Crippen LogP contribution is -2.22. The topological polar surface area (TPSA) is 113 Å². The molecule has 1 aromatic rings. The van der Waals surface area contributed by atoms with Gasteiger partial charge in [-0.1, -0.05) is 6.07 Å². The monoisotopic (exact) mass is 284 g/mol.